The summed E-state index contributed by atoms with van der Waals surface area (Å²) in [5.74, 6) is 1.61. The van der Waals surface area contributed by atoms with Gasteiger partial charge in [-0.1, -0.05) is 30.3 Å². The minimum Gasteiger partial charge on any atom is -0.508 e. The smallest absolute Gasteiger partial charge is 0.138 e. The van der Waals surface area contributed by atoms with E-state index in [9.17, 15) is 10.2 Å². The number of rotatable bonds is 3. The molecule has 0 aliphatic heterocycles. The Morgan fingerprint density at radius 1 is 0.667 bits per heavy atom. The predicted molar refractivity (Wildman–Crippen MR) is 81.7 cm³/mol. The van der Waals surface area contributed by atoms with E-state index in [0.29, 0.717) is 11.5 Å². The summed E-state index contributed by atoms with van der Waals surface area (Å²) in [5.41, 5.74) is 1.75. The average Bonchev–Trinajstić information content (AvgIpc) is 2.50. The number of hydrogen-bond acceptors (Lipinski definition) is 3. The van der Waals surface area contributed by atoms with Crippen molar-refractivity contribution in [2.75, 3.05) is 0 Å². The molecule has 0 radical (unpaired) electrons. The Morgan fingerprint density at radius 2 is 1.33 bits per heavy atom. The molecule has 0 bridgehead atoms. The number of hydrogen-bond donors (Lipinski definition) is 2. The van der Waals surface area contributed by atoms with Crippen molar-refractivity contribution in [3.63, 3.8) is 0 Å². The van der Waals surface area contributed by atoms with Crippen molar-refractivity contribution in [2.45, 2.75) is 0 Å². The van der Waals surface area contributed by atoms with Crippen LogP contribution in [0.3, 0.4) is 0 Å². The lowest BCUT2D eigenvalue weighted by Gasteiger charge is -2.12. The topological polar surface area (TPSA) is 49.7 Å². The molecule has 3 heteroatoms. The van der Waals surface area contributed by atoms with Gasteiger partial charge < -0.3 is 14.9 Å². The molecule has 0 atom stereocenters. The Bertz CT molecular complexity index is 734. The van der Waals surface area contributed by atoms with Crippen molar-refractivity contribution in [2.24, 2.45) is 0 Å². The van der Waals surface area contributed by atoms with Crippen LogP contribution in [0, 0.1) is 0 Å². The van der Waals surface area contributed by atoms with Crippen LogP contribution in [0.2, 0.25) is 0 Å². The first kappa shape index (κ1) is 13.1. The van der Waals surface area contributed by atoms with Crippen molar-refractivity contribution in [1.82, 2.24) is 0 Å². The van der Waals surface area contributed by atoms with Crippen LogP contribution < -0.4 is 4.74 Å². The predicted octanol–water partition coefficient (Wildman–Crippen LogP) is 4.56. The second-order valence-corrected chi connectivity index (χ2v) is 4.64. The average molecular weight is 278 g/mol. The Hall–Kier alpha value is -2.94. The van der Waals surface area contributed by atoms with Gasteiger partial charge in [0.25, 0.3) is 0 Å². The lowest BCUT2D eigenvalue weighted by atomic mass is 10.0. The zero-order valence-corrected chi connectivity index (χ0v) is 11.2. The Labute approximate surface area is 122 Å². The zero-order chi connectivity index (χ0) is 14.7. The number of benzene rings is 3. The van der Waals surface area contributed by atoms with Crippen LogP contribution in [0.4, 0.5) is 0 Å². The maximum Gasteiger partial charge on any atom is 0.138 e. The van der Waals surface area contributed by atoms with Gasteiger partial charge in [0.15, 0.2) is 0 Å². The molecule has 0 spiro atoms. The molecular weight excluding hydrogens is 264 g/mol. The van der Waals surface area contributed by atoms with Gasteiger partial charge >= 0.3 is 0 Å². The molecule has 0 aliphatic rings. The van der Waals surface area contributed by atoms with Gasteiger partial charge in [0.1, 0.15) is 23.0 Å². The molecule has 0 aliphatic carbocycles. The molecule has 2 N–H and O–H groups in total. The van der Waals surface area contributed by atoms with Gasteiger partial charge in [0, 0.05) is 11.6 Å². The van der Waals surface area contributed by atoms with Crippen molar-refractivity contribution in [3.8, 4) is 34.1 Å². The first-order valence-corrected chi connectivity index (χ1v) is 6.58. The highest BCUT2D eigenvalue weighted by Crippen LogP contribution is 2.36. The van der Waals surface area contributed by atoms with Crippen molar-refractivity contribution in [3.05, 3.63) is 72.8 Å². The summed E-state index contributed by atoms with van der Waals surface area (Å²) in [7, 11) is 0. The third-order valence-electron chi connectivity index (χ3n) is 3.11. The minimum absolute atomic E-state index is 0.142. The van der Waals surface area contributed by atoms with E-state index >= 15 is 0 Å². The number of aromatic hydroxyl groups is 2. The molecule has 0 heterocycles. The Morgan fingerprint density at radius 3 is 2.05 bits per heavy atom. The standard InChI is InChI=1S/C18H14O3/c19-14-8-6-13(7-9-14)17-11-10-15(20)12-18(17)21-16-4-2-1-3-5-16/h1-12,19-20H. The highest BCUT2D eigenvalue weighted by atomic mass is 16.5. The lowest BCUT2D eigenvalue weighted by molar-refractivity contribution is 0.456. The van der Waals surface area contributed by atoms with Crippen molar-refractivity contribution < 1.29 is 14.9 Å². The summed E-state index contributed by atoms with van der Waals surface area (Å²) in [6.07, 6.45) is 0. The van der Waals surface area contributed by atoms with E-state index in [1.165, 1.54) is 0 Å². The minimum atomic E-state index is 0.142. The van der Waals surface area contributed by atoms with E-state index in [2.05, 4.69) is 0 Å². The van der Waals surface area contributed by atoms with Crippen LogP contribution in [0.25, 0.3) is 11.1 Å². The summed E-state index contributed by atoms with van der Waals surface area (Å²) in [4.78, 5) is 0. The molecule has 104 valence electrons. The van der Waals surface area contributed by atoms with Crippen LogP contribution in [0.1, 0.15) is 0 Å². The van der Waals surface area contributed by atoms with E-state index in [1.54, 1.807) is 42.5 Å². The van der Waals surface area contributed by atoms with E-state index in [4.69, 9.17) is 4.74 Å². The van der Waals surface area contributed by atoms with Gasteiger partial charge in [-0.25, -0.2) is 0 Å². The number of para-hydroxylation sites is 1. The fraction of sp³-hybridized carbons (Fsp3) is 0. The van der Waals surface area contributed by atoms with Crippen LogP contribution in [0.5, 0.6) is 23.0 Å². The second-order valence-electron chi connectivity index (χ2n) is 4.64. The molecule has 0 fully saturated rings. The summed E-state index contributed by atoms with van der Waals surface area (Å²) in [6, 6.07) is 21.2. The monoisotopic (exact) mass is 278 g/mol. The molecule has 3 aromatic carbocycles. The summed E-state index contributed by atoms with van der Waals surface area (Å²) in [6.45, 7) is 0. The number of ether oxygens (including phenoxy) is 1. The highest BCUT2D eigenvalue weighted by molar-refractivity contribution is 5.72. The molecular formula is C18H14O3. The maximum atomic E-state index is 9.69. The highest BCUT2D eigenvalue weighted by Gasteiger charge is 2.09. The second kappa shape index (κ2) is 5.59. The van der Waals surface area contributed by atoms with E-state index in [1.807, 2.05) is 30.3 Å². The molecule has 3 rings (SSSR count). The van der Waals surface area contributed by atoms with Gasteiger partial charge in [-0.05, 0) is 42.0 Å². The fourth-order valence-corrected chi connectivity index (χ4v) is 2.09. The zero-order valence-electron chi connectivity index (χ0n) is 11.2. The van der Waals surface area contributed by atoms with Crippen molar-refractivity contribution >= 4 is 0 Å². The quantitative estimate of drug-likeness (QED) is 0.738. The van der Waals surface area contributed by atoms with E-state index in [-0.39, 0.29) is 11.5 Å². The molecule has 0 saturated heterocycles. The summed E-state index contributed by atoms with van der Waals surface area (Å²) in [5, 5.41) is 19.1. The Balaban J connectivity index is 2.03. The maximum absolute atomic E-state index is 9.69. The van der Waals surface area contributed by atoms with Gasteiger partial charge in [-0.3, -0.25) is 0 Å². The largest absolute Gasteiger partial charge is 0.508 e. The summed E-state index contributed by atoms with van der Waals surface area (Å²) >= 11 is 0. The first-order chi connectivity index (χ1) is 10.2. The van der Waals surface area contributed by atoms with Crippen LogP contribution in [-0.4, -0.2) is 10.2 Å². The molecule has 0 aromatic heterocycles. The first-order valence-electron chi connectivity index (χ1n) is 6.58. The molecule has 0 unspecified atom stereocenters. The van der Waals surface area contributed by atoms with Gasteiger partial charge in [-0.15, -0.1) is 0 Å². The van der Waals surface area contributed by atoms with Gasteiger partial charge in [-0.2, -0.15) is 0 Å². The third-order valence-corrected chi connectivity index (χ3v) is 3.11. The summed E-state index contributed by atoms with van der Waals surface area (Å²) < 4.78 is 5.85. The lowest BCUT2D eigenvalue weighted by Crippen LogP contribution is -1.88. The number of phenols is 2. The molecule has 0 saturated carbocycles. The SMILES string of the molecule is Oc1ccc(-c2ccc(O)cc2Oc2ccccc2)cc1. The normalized spacial score (nSPS) is 10.3. The van der Waals surface area contributed by atoms with Crippen LogP contribution in [-0.2, 0) is 0 Å². The van der Waals surface area contributed by atoms with Gasteiger partial charge in [0.2, 0.25) is 0 Å². The number of phenolic OH excluding ortho intramolecular Hbond substituents is 2. The van der Waals surface area contributed by atoms with E-state index in [0.717, 1.165) is 11.1 Å². The van der Waals surface area contributed by atoms with Crippen LogP contribution >= 0.6 is 0 Å². The molecule has 0 amide bonds. The Kier molecular flexibility index (Phi) is 3.48. The third kappa shape index (κ3) is 2.98. The molecule has 3 nitrogen and oxygen atoms in total. The van der Waals surface area contributed by atoms with Gasteiger partial charge in [0.05, 0.1) is 0 Å². The molecule has 3 aromatic rings. The van der Waals surface area contributed by atoms with Crippen LogP contribution in [0.15, 0.2) is 72.8 Å². The van der Waals surface area contributed by atoms with E-state index < -0.39 is 0 Å². The molecule has 21 heavy (non-hydrogen) atoms. The van der Waals surface area contributed by atoms with Crippen molar-refractivity contribution in [1.29, 1.82) is 0 Å². The fourth-order valence-electron chi connectivity index (χ4n) is 2.09.